The predicted molar refractivity (Wildman–Crippen MR) is 53.7 cm³/mol. The van der Waals surface area contributed by atoms with Crippen molar-refractivity contribution in [3.05, 3.63) is 18.5 Å². The first-order valence-electron chi connectivity index (χ1n) is 4.50. The van der Waals surface area contributed by atoms with E-state index in [2.05, 4.69) is 9.97 Å². The van der Waals surface area contributed by atoms with Crippen LogP contribution in [0.25, 0.3) is 0 Å². The third kappa shape index (κ3) is 1.87. The highest BCUT2D eigenvalue weighted by atomic mass is 32.2. The number of β-lactam (4-membered cyclic amide) rings is 1. The Labute approximate surface area is 86.7 Å². The second kappa shape index (κ2) is 3.96. The Morgan fingerprint density at radius 2 is 2.21 bits per heavy atom. The smallest absolute Gasteiger partial charge is 0.225 e. The molecule has 14 heavy (non-hydrogen) atoms. The van der Waals surface area contributed by atoms with E-state index in [0.29, 0.717) is 6.42 Å². The van der Waals surface area contributed by atoms with Crippen LogP contribution in [0.1, 0.15) is 13.3 Å². The van der Waals surface area contributed by atoms with Gasteiger partial charge < -0.3 is 4.90 Å². The Bertz CT molecular complexity index is 330. The SMILES string of the molecule is C[C@@H](Sc1ncccn1)N1CCC1=O. The maximum atomic E-state index is 11.1. The molecule has 0 N–H and O–H groups in total. The van der Waals surface area contributed by atoms with Gasteiger partial charge in [0, 0.05) is 25.4 Å². The molecule has 2 rings (SSSR count). The number of carbonyl (C=O) groups is 1. The highest BCUT2D eigenvalue weighted by Crippen LogP contribution is 2.25. The molecule has 0 aliphatic carbocycles. The van der Waals surface area contributed by atoms with Crippen LogP contribution in [-0.4, -0.2) is 32.7 Å². The summed E-state index contributed by atoms with van der Waals surface area (Å²) in [5.74, 6) is 0.223. The van der Waals surface area contributed by atoms with E-state index < -0.39 is 0 Å². The molecule has 1 atom stereocenters. The Kier molecular flexibility index (Phi) is 2.67. The fraction of sp³-hybridized carbons (Fsp3) is 0.444. The van der Waals surface area contributed by atoms with Crippen molar-refractivity contribution >= 4 is 17.7 Å². The molecule has 4 nitrogen and oxygen atoms in total. The average Bonchev–Trinajstić information content (AvgIpc) is 2.17. The highest BCUT2D eigenvalue weighted by molar-refractivity contribution is 7.99. The summed E-state index contributed by atoms with van der Waals surface area (Å²) in [7, 11) is 0. The first-order valence-corrected chi connectivity index (χ1v) is 5.38. The van der Waals surface area contributed by atoms with Gasteiger partial charge in [0.1, 0.15) is 0 Å². The lowest BCUT2D eigenvalue weighted by Crippen LogP contribution is -2.47. The van der Waals surface area contributed by atoms with Crippen LogP contribution in [0.3, 0.4) is 0 Å². The van der Waals surface area contributed by atoms with Crippen molar-refractivity contribution in [1.82, 2.24) is 14.9 Å². The van der Waals surface area contributed by atoms with Crippen molar-refractivity contribution in [2.24, 2.45) is 0 Å². The molecule has 0 radical (unpaired) electrons. The zero-order valence-electron chi connectivity index (χ0n) is 7.88. The van der Waals surface area contributed by atoms with Crippen LogP contribution in [0.5, 0.6) is 0 Å². The fourth-order valence-corrected chi connectivity index (χ4v) is 2.18. The third-order valence-electron chi connectivity index (χ3n) is 2.14. The quantitative estimate of drug-likeness (QED) is 0.425. The minimum Gasteiger partial charge on any atom is -0.330 e. The Hall–Kier alpha value is -1.10. The topological polar surface area (TPSA) is 46.1 Å². The summed E-state index contributed by atoms with van der Waals surface area (Å²) in [6, 6.07) is 1.78. The molecular formula is C9H11N3OS. The van der Waals surface area contributed by atoms with Crippen LogP contribution in [-0.2, 0) is 4.79 Å². The summed E-state index contributed by atoms with van der Waals surface area (Å²) in [6.07, 6.45) is 4.10. The van der Waals surface area contributed by atoms with Gasteiger partial charge in [-0.05, 0) is 13.0 Å². The molecule has 74 valence electrons. The number of aromatic nitrogens is 2. The van der Waals surface area contributed by atoms with Gasteiger partial charge in [0.05, 0.1) is 5.37 Å². The average molecular weight is 209 g/mol. The number of hydrogen-bond acceptors (Lipinski definition) is 4. The maximum absolute atomic E-state index is 11.1. The lowest BCUT2D eigenvalue weighted by Gasteiger charge is -2.35. The number of rotatable bonds is 3. The van der Waals surface area contributed by atoms with Crippen LogP contribution in [0.15, 0.2) is 23.6 Å². The number of hydrogen-bond donors (Lipinski definition) is 0. The second-order valence-corrected chi connectivity index (χ2v) is 4.37. The first kappa shape index (κ1) is 9.45. The largest absolute Gasteiger partial charge is 0.330 e. The van der Waals surface area contributed by atoms with Crippen molar-refractivity contribution in [3.63, 3.8) is 0 Å². The predicted octanol–water partition coefficient (Wildman–Crippen LogP) is 1.15. The molecule has 1 aliphatic heterocycles. The van der Waals surface area contributed by atoms with E-state index in [4.69, 9.17) is 0 Å². The van der Waals surface area contributed by atoms with Crippen molar-refractivity contribution in [2.75, 3.05) is 6.54 Å². The van der Waals surface area contributed by atoms with E-state index in [1.54, 1.807) is 18.5 Å². The van der Waals surface area contributed by atoms with Gasteiger partial charge in [-0.1, -0.05) is 11.8 Å². The van der Waals surface area contributed by atoms with E-state index in [-0.39, 0.29) is 11.3 Å². The van der Waals surface area contributed by atoms with Crippen molar-refractivity contribution in [1.29, 1.82) is 0 Å². The summed E-state index contributed by atoms with van der Waals surface area (Å²) in [5, 5.41) is 0.860. The number of amides is 1. The van der Waals surface area contributed by atoms with E-state index in [0.717, 1.165) is 11.7 Å². The minimum atomic E-state index is 0.138. The standard InChI is InChI=1S/C9H11N3OS/c1-7(12-6-3-8(12)13)14-9-10-4-2-5-11-9/h2,4-5,7H,3,6H2,1H3/t7-/m1/s1. The Morgan fingerprint density at radius 1 is 1.50 bits per heavy atom. The van der Waals surface area contributed by atoms with Gasteiger partial charge in [0.2, 0.25) is 5.91 Å². The van der Waals surface area contributed by atoms with Crippen LogP contribution in [0, 0.1) is 0 Å². The maximum Gasteiger partial charge on any atom is 0.225 e. The van der Waals surface area contributed by atoms with E-state index in [9.17, 15) is 4.79 Å². The summed E-state index contributed by atoms with van der Waals surface area (Å²) < 4.78 is 0. The summed E-state index contributed by atoms with van der Waals surface area (Å²) in [5.41, 5.74) is 0. The van der Waals surface area contributed by atoms with Crippen LogP contribution < -0.4 is 0 Å². The minimum absolute atomic E-state index is 0.138. The summed E-state index contributed by atoms with van der Waals surface area (Å²) in [6.45, 7) is 2.86. The third-order valence-corrected chi connectivity index (χ3v) is 3.16. The van der Waals surface area contributed by atoms with Crippen LogP contribution in [0.2, 0.25) is 0 Å². The van der Waals surface area contributed by atoms with Gasteiger partial charge >= 0.3 is 0 Å². The van der Waals surface area contributed by atoms with Gasteiger partial charge in [-0.2, -0.15) is 0 Å². The molecule has 0 saturated carbocycles. The van der Waals surface area contributed by atoms with Crippen molar-refractivity contribution in [2.45, 2.75) is 23.9 Å². The number of nitrogens with zero attached hydrogens (tertiary/aromatic N) is 3. The number of likely N-dealkylation sites (tertiary alicyclic amines) is 1. The van der Waals surface area contributed by atoms with E-state index >= 15 is 0 Å². The molecule has 1 saturated heterocycles. The van der Waals surface area contributed by atoms with Crippen molar-refractivity contribution < 1.29 is 4.79 Å². The molecule has 2 heterocycles. The lowest BCUT2D eigenvalue weighted by atomic mass is 10.2. The highest BCUT2D eigenvalue weighted by Gasteiger charge is 2.29. The Morgan fingerprint density at radius 3 is 2.71 bits per heavy atom. The molecular weight excluding hydrogens is 198 g/mol. The fourth-order valence-electron chi connectivity index (χ4n) is 1.28. The molecule has 1 fully saturated rings. The molecule has 0 spiro atoms. The lowest BCUT2D eigenvalue weighted by molar-refractivity contribution is -0.140. The zero-order valence-corrected chi connectivity index (χ0v) is 8.70. The second-order valence-electron chi connectivity index (χ2n) is 3.09. The molecule has 1 aromatic rings. The molecule has 1 amide bonds. The van der Waals surface area contributed by atoms with Gasteiger partial charge in [0.25, 0.3) is 0 Å². The summed E-state index contributed by atoms with van der Waals surface area (Å²) in [4.78, 5) is 21.2. The van der Waals surface area contributed by atoms with E-state index in [1.807, 2.05) is 11.8 Å². The van der Waals surface area contributed by atoms with Gasteiger partial charge in [-0.25, -0.2) is 9.97 Å². The van der Waals surface area contributed by atoms with Gasteiger partial charge in [0.15, 0.2) is 5.16 Å². The van der Waals surface area contributed by atoms with Crippen LogP contribution in [0.4, 0.5) is 0 Å². The van der Waals surface area contributed by atoms with Crippen molar-refractivity contribution in [3.8, 4) is 0 Å². The number of thioether (sulfide) groups is 1. The molecule has 0 aromatic carbocycles. The monoisotopic (exact) mass is 209 g/mol. The summed E-state index contributed by atoms with van der Waals surface area (Å²) >= 11 is 1.51. The molecule has 1 aliphatic rings. The van der Waals surface area contributed by atoms with Gasteiger partial charge in [-0.3, -0.25) is 4.79 Å². The molecule has 5 heteroatoms. The molecule has 0 bridgehead atoms. The van der Waals surface area contributed by atoms with E-state index in [1.165, 1.54) is 11.8 Å². The Balaban J connectivity index is 1.94. The molecule has 1 aromatic heterocycles. The number of carbonyl (C=O) groups excluding carboxylic acids is 1. The molecule has 0 unspecified atom stereocenters. The van der Waals surface area contributed by atoms with Gasteiger partial charge in [-0.15, -0.1) is 0 Å². The van der Waals surface area contributed by atoms with Crippen LogP contribution >= 0.6 is 11.8 Å². The first-order chi connectivity index (χ1) is 6.77. The normalized spacial score (nSPS) is 17.8. The zero-order chi connectivity index (χ0) is 9.97.